The summed E-state index contributed by atoms with van der Waals surface area (Å²) in [5.41, 5.74) is 0. The second kappa shape index (κ2) is 5.10. The summed E-state index contributed by atoms with van der Waals surface area (Å²) < 4.78 is 0. The quantitative estimate of drug-likeness (QED) is 0.846. The molecule has 0 unspecified atom stereocenters. The molecule has 3 rings (SSSR count). The van der Waals surface area contributed by atoms with Crippen LogP contribution in [0.2, 0.25) is 0 Å². The van der Waals surface area contributed by atoms with Gasteiger partial charge < -0.3 is 15.3 Å². The average molecular weight is 248 g/mol. The minimum absolute atomic E-state index is 0.143. The predicted molar refractivity (Wildman–Crippen MR) is 70.7 cm³/mol. The van der Waals surface area contributed by atoms with Crippen molar-refractivity contribution >= 4 is 11.6 Å². The van der Waals surface area contributed by atoms with Gasteiger partial charge in [-0.3, -0.25) is 0 Å². The number of aromatic nitrogens is 2. The zero-order valence-electron chi connectivity index (χ0n) is 10.5. The van der Waals surface area contributed by atoms with Crippen molar-refractivity contribution in [1.29, 1.82) is 0 Å². The van der Waals surface area contributed by atoms with Crippen LogP contribution in [0, 0.1) is 0 Å². The van der Waals surface area contributed by atoms with E-state index in [4.69, 9.17) is 0 Å². The maximum absolute atomic E-state index is 9.52. The Morgan fingerprint density at radius 1 is 1.17 bits per heavy atom. The van der Waals surface area contributed by atoms with E-state index in [9.17, 15) is 5.11 Å². The maximum atomic E-state index is 9.52. The van der Waals surface area contributed by atoms with Gasteiger partial charge in [0.15, 0.2) is 0 Å². The van der Waals surface area contributed by atoms with Gasteiger partial charge in [0.05, 0.1) is 6.10 Å². The van der Waals surface area contributed by atoms with Crippen LogP contribution >= 0.6 is 0 Å². The van der Waals surface area contributed by atoms with E-state index in [0.717, 1.165) is 37.6 Å². The van der Waals surface area contributed by atoms with Gasteiger partial charge in [-0.25, -0.2) is 9.97 Å². The van der Waals surface area contributed by atoms with Crippen LogP contribution in [0.3, 0.4) is 0 Å². The molecule has 98 valence electrons. The van der Waals surface area contributed by atoms with Crippen LogP contribution < -0.4 is 10.2 Å². The van der Waals surface area contributed by atoms with Gasteiger partial charge in [-0.15, -0.1) is 0 Å². The molecule has 5 nitrogen and oxygen atoms in total. The van der Waals surface area contributed by atoms with Crippen molar-refractivity contribution in [3.05, 3.63) is 12.4 Å². The summed E-state index contributed by atoms with van der Waals surface area (Å²) in [4.78, 5) is 10.8. The Morgan fingerprint density at radius 3 is 2.61 bits per heavy atom. The number of hydrogen-bond acceptors (Lipinski definition) is 5. The fourth-order valence-corrected chi connectivity index (χ4v) is 2.46. The van der Waals surface area contributed by atoms with E-state index in [2.05, 4.69) is 20.2 Å². The molecular formula is C13H20N4O. The third-order valence-corrected chi connectivity index (χ3v) is 3.90. The third-order valence-electron chi connectivity index (χ3n) is 3.90. The lowest BCUT2D eigenvalue weighted by atomic mass is 9.93. The number of hydrogen-bond donors (Lipinski definition) is 2. The van der Waals surface area contributed by atoms with Crippen molar-refractivity contribution in [1.82, 2.24) is 9.97 Å². The zero-order valence-corrected chi connectivity index (χ0v) is 10.5. The molecule has 0 radical (unpaired) electrons. The maximum Gasteiger partial charge on any atom is 0.134 e. The lowest BCUT2D eigenvalue weighted by Gasteiger charge is -2.31. The molecule has 0 amide bonds. The van der Waals surface area contributed by atoms with Gasteiger partial charge in [0, 0.05) is 25.2 Å². The van der Waals surface area contributed by atoms with Gasteiger partial charge in [0.2, 0.25) is 0 Å². The Bertz CT molecular complexity index is 400. The minimum atomic E-state index is -0.143. The van der Waals surface area contributed by atoms with Crippen molar-refractivity contribution in [2.45, 2.75) is 44.2 Å². The van der Waals surface area contributed by atoms with Crippen molar-refractivity contribution in [2.24, 2.45) is 0 Å². The van der Waals surface area contributed by atoms with Crippen LogP contribution in [0.5, 0.6) is 0 Å². The first-order chi connectivity index (χ1) is 8.81. The molecule has 1 saturated carbocycles. The lowest BCUT2D eigenvalue weighted by Crippen LogP contribution is -2.36. The Kier molecular flexibility index (Phi) is 3.32. The molecule has 0 bridgehead atoms. The standard InChI is InChI=1S/C13H20N4O/c18-11-4-6-17(7-5-11)13-8-12(14-9-15-13)16-10-2-1-3-10/h8-11,18H,1-7H2,(H,14,15,16). The highest BCUT2D eigenvalue weighted by Crippen LogP contribution is 2.24. The molecule has 0 spiro atoms. The number of nitrogens with zero attached hydrogens (tertiary/aromatic N) is 3. The van der Waals surface area contributed by atoms with Gasteiger partial charge in [-0.2, -0.15) is 0 Å². The number of piperidine rings is 1. The molecule has 2 aliphatic rings. The van der Waals surface area contributed by atoms with E-state index < -0.39 is 0 Å². The third kappa shape index (κ3) is 2.56. The SMILES string of the molecule is OC1CCN(c2cc(NC3CCC3)ncn2)CC1. The topological polar surface area (TPSA) is 61.3 Å². The first-order valence-electron chi connectivity index (χ1n) is 6.83. The molecule has 2 heterocycles. The monoisotopic (exact) mass is 248 g/mol. The summed E-state index contributed by atoms with van der Waals surface area (Å²) in [6.07, 6.45) is 6.95. The molecule has 1 saturated heterocycles. The number of rotatable bonds is 3. The Labute approximate surface area is 107 Å². The van der Waals surface area contributed by atoms with Gasteiger partial charge >= 0.3 is 0 Å². The molecule has 0 aromatic carbocycles. The van der Waals surface area contributed by atoms with Crippen LogP contribution in [0.4, 0.5) is 11.6 Å². The fraction of sp³-hybridized carbons (Fsp3) is 0.692. The van der Waals surface area contributed by atoms with Crippen LogP contribution in [-0.4, -0.2) is 40.3 Å². The van der Waals surface area contributed by atoms with E-state index in [1.807, 2.05) is 6.07 Å². The second-order valence-corrected chi connectivity index (χ2v) is 5.25. The molecule has 1 aliphatic heterocycles. The molecule has 0 atom stereocenters. The van der Waals surface area contributed by atoms with E-state index in [1.54, 1.807) is 6.33 Å². The highest BCUT2D eigenvalue weighted by molar-refractivity contribution is 5.49. The number of anilines is 2. The van der Waals surface area contributed by atoms with Crippen molar-refractivity contribution in [3.63, 3.8) is 0 Å². The summed E-state index contributed by atoms with van der Waals surface area (Å²) in [7, 11) is 0. The summed E-state index contributed by atoms with van der Waals surface area (Å²) in [6.45, 7) is 1.75. The minimum Gasteiger partial charge on any atom is -0.393 e. The van der Waals surface area contributed by atoms with E-state index >= 15 is 0 Å². The number of nitrogens with one attached hydrogen (secondary N) is 1. The predicted octanol–water partition coefficient (Wildman–Crippen LogP) is 1.40. The van der Waals surface area contributed by atoms with Gasteiger partial charge in [-0.1, -0.05) is 0 Å². The molecule has 5 heteroatoms. The summed E-state index contributed by atoms with van der Waals surface area (Å²) in [5, 5.41) is 13.0. The Morgan fingerprint density at radius 2 is 1.94 bits per heavy atom. The summed E-state index contributed by atoms with van der Waals surface area (Å²) >= 11 is 0. The molecule has 2 N–H and O–H groups in total. The smallest absolute Gasteiger partial charge is 0.134 e. The van der Waals surface area contributed by atoms with Crippen LogP contribution in [0.1, 0.15) is 32.1 Å². The second-order valence-electron chi connectivity index (χ2n) is 5.25. The summed E-state index contributed by atoms with van der Waals surface area (Å²) in [5.74, 6) is 1.90. The van der Waals surface area contributed by atoms with Gasteiger partial charge in [-0.05, 0) is 32.1 Å². The normalized spacial score (nSPS) is 21.7. The molecule has 1 aromatic heterocycles. The Hall–Kier alpha value is -1.36. The largest absolute Gasteiger partial charge is 0.393 e. The first-order valence-corrected chi connectivity index (χ1v) is 6.83. The van der Waals surface area contributed by atoms with Crippen molar-refractivity contribution < 1.29 is 5.11 Å². The highest BCUT2D eigenvalue weighted by Gasteiger charge is 2.20. The Balaban J connectivity index is 1.66. The number of aliphatic hydroxyl groups is 1. The summed E-state index contributed by atoms with van der Waals surface area (Å²) in [6, 6.07) is 2.62. The van der Waals surface area contributed by atoms with Crippen LogP contribution in [-0.2, 0) is 0 Å². The van der Waals surface area contributed by atoms with Crippen molar-refractivity contribution in [3.8, 4) is 0 Å². The van der Waals surface area contributed by atoms with E-state index in [1.165, 1.54) is 19.3 Å². The van der Waals surface area contributed by atoms with E-state index in [0.29, 0.717) is 6.04 Å². The first kappa shape index (κ1) is 11.7. The molecule has 1 aliphatic carbocycles. The fourth-order valence-electron chi connectivity index (χ4n) is 2.46. The molecule has 1 aromatic rings. The molecule has 18 heavy (non-hydrogen) atoms. The van der Waals surface area contributed by atoms with Crippen LogP contribution in [0.15, 0.2) is 12.4 Å². The lowest BCUT2D eigenvalue weighted by molar-refractivity contribution is 0.145. The molecule has 2 fully saturated rings. The van der Waals surface area contributed by atoms with Gasteiger partial charge in [0.1, 0.15) is 18.0 Å². The van der Waals surface area contributed by atoms with Gasteiger partial charge in [0.25, 0.3) is 0 Å². The highest BCUT2D eigenvalue weighted by atomic mass is 16.3. The van der Waals surface area contributed by atoms with Crippen LogP contribution in [0.25, 0.3) is 0 Å². The van der Waals surface area contributed by atoms with Crippen molar-refractivity contribution in [2.75, 3.05) is 23.3 Å². The molecular weight excluding hydrogens is 228 g/mol. The number of aliphatic hydroxyl groups excluding tert-OH is 1. The van der Waals surface area contributed by atoms with E-state index in [-0.39, 0.29) is 6.10 Å². The average Bonchev–Trinajstić information content (AvgIpc) is 2.35. The zero-order chi connectivity index (χ0) is 12.4.